The number of carbonyl (C=O) groups is 1. The third-order valence-corrected chi connectivity index (χ3v) is 4.58. The molecule has 0 aromatic rings. The summed E-state index contributed by atoms with van der Waals surface area (Å²) in [6, 6.07) is 0. The zero-order valence-corrected chi connectivity index (χ0v) is 9.51. The van der Waals surface area contributed by atoms with E-state index in [0.29, 0.717) is 11.2 Å². The van der Waals surface area contributed by atoms with Crippen molar-refractivity contribution >= 4 is 5.78 Å². The van der Waals surface area contributed by atoms with Crippen molar-refractivity contribution in [3.63, 3.8) is 0 Å². The smallest absolute Gasteiger partial charge is 0.130 e. The lowest BCUT2D eigenvalue weighted by Gasteiger charge is -2.27. The minimum absolute atomic E-state index is 0.395. The van der Waals surface area contributed by atoms with Gasteiger partial charge >= 0.3 is 0 Å². The van der Waals surface area contributed by atoms with Gasteiger partial charge in [0.15, 0.2) is 0 Å². The fourth-order valence-electron chi connectivity index (χ4n) is 3.93. The van der Waals surface area contributed by atoms with Crippen LogP contribution in [-0.2, 0) is 4.79 Å². The molecule has 0 aromatic carbocycles. The molecule has 0 saturated heterocycles. The van der Waals surface area contributed by atoms with Crippen LogP contribution in [0.5, 0.6) is 0 Å². The molecule has 2 rings (SSSR count). The van der Waals surface area contributed by atoms with E-state index in [1.54, 1.807) is 6.92 Å². The summed E-state index contributed by atoms with van der Waals surface area (Å²) < 4.78 is 0. The maximum atomic E-state index is 11.3. The van der Waals surface area contributed by atoms with E-state index in [0.717, 1.165) is 18.3 Å². The average Bonchev–Trinajstić information content (AvgIpc) is 2.61. The van der Waals surface area contributed by atoms with Gasteiger partial charge in [-0.1, -0.05) is 32.6 Å². The van der Waals surface area contributed by atoms with Crippen LogP contribution in [0.25, 0.3) is 0 Å². The Morgan fingerprint density at radius 1 is 1.29 bits per heavy atom. The van der Waals surface area contributed by atoms with E-state index < -0.39 is 0 Å². The average molecular weight is 194 g/mol. The molecule has 2 aliphatic rings. The molecule has 0 amide bonds. The number of rotatable bonds is 3. The maximum absolute atomic E-state index is 11.3. The van der Waals surface area contributed by atoms with Crippen LogP contribution in [0, 0.1) is 17.3 Å². The predicted molar refractivity (Wildman–Crippen MR) is 58.1 cm³/mol. The molecular weight excluding hydrogens is 172 g/mol. The van der Waals surface area contributed by atoms with Crippen LogP contribution in [0.4, 0.5) is 0 Å². The monoisotopic (exact) mass is 194 g/mol. The van der Waals surface area contributed by atoms with Crippen molar-refractivity contribution in [2.24, 2.45) is 17.3 Å². The fourth-order valence-corrected chi connectivity index (χ4v) is 3.93. The van der Waals surface area contributed by atoms with Gasteiger partial charge in [0.1, 0.15) is 5.78 Å². The van der Waals surface area contributed by atoms with Crippen LogP contribution in [0.1, 0.15) is 58.8 Å². The molecule has 1 heteroatoms. The first-order chi connectivity index (χ1) is 6.65. The summed E-state index contributed by atoms with van der Waals surface area (Å²) in [5, 5.41) is 0. The van der Waals surface area contributed by atoms with Crippen molar-refractivity contribution in [2.45, 2.75) is 58.8 Å². The molecule has 0 radical (unpaired) electrons. The van der Waals surface area contributed by atoms with Crippen LogP contribution in [0.2, 0.25) is 0 Å². The van der Waals surface area contributed by atoms with Crippen molar-refractivity contribution in [3.05, 3.63) is 0 Å². The summed E-state index contributed by atoms with van der Waals surface area (Å²) in [6.07, 6.45) is 9.04. The number of hydrogen-bond donors (Lipinski definition) is 0. The molecule has 0 spiro atoms. The quantitative estimate of drug-likeness (QED) is 0.671. The number of hydrogen-bond acceptors (Lipinski definition) is 1. The molecule has 2 atom stereocenters. The third-order valence-electron chi connectivity index (χ3n) is 4.58. The SMILES string of the molecule is CCC1(CC(C)=O)C[C@H]2CCC[C@@H]2C1. The van der Waals surface area contributed by atoms with Crippen molar-refractivity contribution in [2.75, 3.05) is 0 Å². The topological polar surface area (TPSA) is 17.1 Å². The van der Waals surface area contributed by atoms with Gasteiger partial charge in [0.2, 0.25) is 0 Å². The molecule has 0 aromatic heterocycles. The highest BCUT2D eigenvalue weighted by atomic mass is 16.1. The molecular formula is C13H22O. The summed E-state index contributed by atoms with van der Waals surface area (Å²) in [5.74, 6) is 2.33. The molecule has 0 N–H and O–H groups in total. The lowest BCUT2D eigenvalue weighted by molar-refractivity contribution is -0.119. The van der Waals surface area contributed by atoms with Gasteiger partial charge in [0, 0.05) is 6.42 Å². The van der Waals surface area contributed by atoms with Gasteiger partial charge < -0.3 is 4.79 Å². The maximum Gasteiger partial charge on any atom is 0.130 e. The first kappa shape index (κ1) is 10.2. The molecule has 0 unspecified atom stereocenters. The van der Waals surface area contributed by atoms with Crippen LogP contribution in [0.15, 0.2) is 0 Å². The summed E-state index contributed by atoms with van der Waals surface area (Å²) in [6.45, 7) is 4.02. The highest BCUT2D eigenvalue weighted by molar-refractivity contribution is 5.76. The number of carbonyl (C=O) groups excluding carboxylic acids is 1. The van der Waals surface area contributed by atoms with Gasteiger partial charge in [-0.25, -0.2) is 0 Å². The van der Waals surface area contributed by atoms with Crippen molar-refractivity contribution in [1.82, 2.24) is 0 Å². The Bertz CT molecular complexity index is 219. The highest BCUT2D eigenvalue weighted by Crippen LogP contribution is 2.55. The van der Waals surface area contributed by atoms with Gasteiger partial charge in [-0.15, -0.1) is 0 Å². The molecule has 2 fully saturated rings. The number of fused-ring (bicyclic) bond motifs is 1. The summed E-state index contributed by atoms with van der Waals surface area (Å²) in [5.41, 5.74) is 0.404. The second-order valence-electron chi connectivity index (χ2n) is 5.59. The normalized spacial score (nSPS) is 34.4. The molecule has 0 aliphatic heterocycles. The lowest BCUT2D eigenvalue weighted by atomic mass is 9.77. The van der Waals surface area contributed by atoms with Crippen LogP contribution < -0.4 is 0 Å². The Balaban J connectivity index is 2.05. The Kier molecular flexibility index (Phi) is 2.68. The molecule has 80 valence electrons. The van der Waals surface area contributed by atoms with E-state index in [9.17, 15) is 4.79 Å². The Hall–Kier alpha value is -0.330. The summed E-state index contributed by atoms with van der Waals surface area (Å²) >= 11 is 0. The lowest BCUT2D eigenvalue weighted by Crippen LogP contribution is -2.20. The van der Waals surface area contributed by atoms with Crippen molar-refractivity contribution in [3.8, 4) is 0 Å². The highest BCUT2D eigenvalue weighted by Gasteiger charge is 2.45. The van der Waals surface area contributed by atoms with Crippen molar-refractivity contribution < 1.29 is 4.79 Å². The molecule has 2 saturated carbocycles. The Morgan fingerprint density at radius 2 is 1.86 bits per heavy atom. The van der Waals surface area contributed by atoms with E-state index in [-0.39, 0.29) is 0 Å². The minimum Gasteiger partial charge on any atom is -0.300 e. The summed E-state index contributed by atoms with van der Waals surface area (Å²) in [4.78, 5) is 11.3. The second-order valence-corrected chi connectivity index (χ2v) is 5.59. The van der Waals surface area contributed by atoms with Gasteiger partial charge in [-0.3, -0.25) is 0 Å². The Morgan fingerprint density at radius 3 is 2.29 bits per heavy atom. The molecule has 2 aliphatic carbocycles. The van der Waals surface area contributed by atoms with E-state index in [2.05, 4.69) is 6.92 Å². The third kappa shape index (κ3) is 1.74. The zero-order valence-electron chi connectivity index (χ0n) is 9.51. The minimum atomic E-state index is 0.395. The van der Waals surface area contributed by atoms with Crippen molar-refractivity contribution in [1.29, 1.82) is 0 Å². The largest absolute Gasteiger partial charge is 0.300 e. The predicted octanol–water partition coefficient (Wildman–Crippen LogP) is 3.57. The number of Topliss-reactive ketones (excluding diaryl/α,β-unsaturated/α-hetero) is 1. The van der Waals surface area contributed by atoms with E-state index in [1.807, 2.05) is 0 Å². The van der Waals surface area contributed by atoms with Crippen LogP contribution in [-0.4, -0.2) is 5.78 Å². The van der Waals surface area contributed by atoms with Gasteiger partial charge in [0.25, 0.3) is 0 Å². The first-order valence-corrected chi connectivity index (χ1v) is 6.15. The Labute approximate surface area is 87.3 Å². The standard InChI is InChI=1S/C13H22O/c1-3-13(7-10(2)14)8-11-5-4-6-12(11)9-13/h11-12H,3-9H2,1-2H3/t11-,12-/m1/s1. The van der Waals surface area contributed by atoms with Crippen LogP contribution in [0.3, 0.4) is 0 Å². The molecule has 14 heavy (non-hydrogen) atoms. The van der Waals surface area contributed by atoms with Gasteiger partial charge in [-0.2, -0.15) is 0 Å². The molecule has 0 heterocycles. The summed E-state index contributed by atoms with van der Waals surface area (Å²) in [7, 11) is 0. The van der Waals surface area contributed by atoms with E-state index in [4.69, 9.17) is 0 Å². The zero-order chi connectivity index (χ0) is 10.2. The second kappa shape index (κ2) is 3.67. The molecule has 0 bridgehead atoms. The van der Waals surface area contributed by atoms with Gasteiger partial charge in [-0.05, 0) is 37.0 Å². The number of ketones is 1. The van der Waals surface area contributed by atoms with Crippen LogP contribution >= 0.6 is 0 Å². The van der Waals surface area contributed by atoms with Gasteiger partial charge in [0.05, 0.1) is 0 Å². The van der Waals surface area contributed by atoms with E-state index in [1.165, 1.54) is 38.5 Å². The fraction of sp³-hybridized carbons (Fsp3) is 0.923. The first-order valence-electron chi connectivity index (χ1n) is 6.15. The van der Waals surface area contributed by atoms with E-state index >= 15 is 0 Å². The molecule has 1 nitrogen and oxygen atoms in total.